The third-order valence-corrected chi connectivity index (χ3v) is 5.06. The summed E-state index contributed by atoms with van der Waals surface area (Å²) >= 11 is 0. The molecule has 0 spiro atoms. The lowest BCUT2D eigenvalue weighted by molar-refractivity contribution is -0.126. The number of carbonyl (C=O) groups excluding carboxylic acids is 1. The van der Waals surface area contributed by atoms with E-state index in [0.717, 1.165) is 37.8 Å². The van der Waals surface area contributed by atoms with E-state index in [1.807, 2.05) is 45.0 Å². The van der Waals surface area contributed by atoms with E-state index in [4.69, 9.17) is 4.74 Å². The lowest BCUT2D eigenvalue weighted by Gasteiger charge is -2.30. The highest BCUT2D eigenvalue weighted by atomic mass is 127. The topological polar surface area (TPSA) is 95.0 Å². The molecular formula is C22H37IN4O3. The zero-order valence-electron chi connectivity index (χ0n) is 18.5. The first-order valence-corrected chi connectivity index (χ1v) is 10.6. The van der Waals surface area contributed by atoms with Crippen LogP contribution in [0.2, 0.25) is 0 Å². The summed E-state index contributed by atoms with van der Waals surface area (Å²) in [4.78, 5) is 16.9. The Labute approximate surface area is 197 Å². The molecule has 0 saturated heterocycles. The van der Waals surface area contributed by atoms with Crippen LogP contribution in [0.25, 0.3) is 0 Å². The van der Waals surface area contributed by atoms with Gasteiger partial charge >= 0.3 is 0 Å². The number of nitrogens with zero attached hydrogens (tertiary/aromatic N) is 1. The van der Waals surface area contributed by atoms with Gasteiger partial charge in [-0.15, -0.1) is 24.0 Å². The molecule has 1 aliphatic carbocycles. The predicted octanol–water partition coefficient (Wildman–Crippen LogP) is 2.99. The quantitative estimate of drug-likeness (QED) is 0.235. The number of rotatable bonds is 8. The Balaban J connectivity index is 0.00000450. The summed E-state index contributed by atoms with van der Waals surface area (Å²) in [6, 6.07) is 7.74. The molecule has 0 aliphatic heterocycles. The van der Waals surface area contributed by atoms with Gasteiger partial charge in [0.1, 0.15) is 5.75 Å². The third kappa shape index (κ3) is 8.67. The highest BCUT2D eigenvalue weighted by Crippen LogP contribution is 2.25. The summed E-state index contributed by atoms with van der Waals surface area (Å²) in [5, 5.41) is 20.2. The maximum Gasteiger partial charge on any atom is 0.223 e. The Morgan fingerprint density at radius 1 is 1.33 bits per heavy atom. The molecule has 0 heterocycles. The average Bonchev–Trinajstić information content (AvgIpc) is 2.71. The third-order valence-electron chi connectivity index (χ3n) is 5.06. The van der Waals surface area contributed by atoms with Gasteiger partial charge in [0.25, 0.3) is 0 Å². The second kappa shape index (κ2) is 13.7. The molecule has 3 atom stereocenters. The van der Waals surface area contributed by atoms with E-state index in [0.29, 0.717) is 11.7 Å². The first-order valence-electron chi connectivity index (χ1n) is 10.6. The monoisotopic (exact) mass is 532 g/mol. The predicted molar refractivity (Wildman–Crippen MR) is 132 cm³/mol. The zero-order valence-corrected chi connectivity index (χ0v) is 20.8. The first-order chi connectivity index (χ1) is 13.9. The molecule has 30 heavy (non-hydrogen) atoms. The average molecular weight is 532 g/mol. The van der Waals surface area contributed by atoms with E-state index in [2.05, 4.69) is 20.9 Å². The number of amides is 1. The fraction of sp³-hybridized carbons (Fsp3) is 0.636. The normalized spacial score (nSPS) is 20.1. The van der Waals surface area contributed by atoms with Crippen molar-refractivity contribution in [3.63, 3.8) is 0 Å². The highest BCUT2D eigenvalue weighted by Gasteiger charge is 2.28. The van der Waals surface area contributed by atoms with Crippen molar-refractivity contribution in [3.8, 4) is 5.75 Å². The van der Waals surface area contributed by atoms with Gasteiger partial charge in [-0.2, -0.15) is 0 Å². The summed E-state index contributed by atoms with van der Waals surface area (Å²) in [5.41, 5.74) is 0.770. The number of aliphatic imine (C=N–C) groups is 1. The lowest BCUT2D eigenvalue weighted by Crippen LogP contribution is -2.47. The van der Waals surface area contributed by atoms with Gasteiger partial charge in [-0.25, -0.2) is 0 Å². The molecule has 2 rings (SSSR count). The van der Waals surface area contributed by atoms with Crippen molar-refractivity contribution in [3.05, 3.63) is 29.8 Å². The minimum atomic E-state index is -0.712. The number of aliphatic hydroxyl groups is 1. The minimum Gasteiger partial charge on any atom is -0.497 e. The van der Waals surface area contributed by atoms with Crippen molar-refractivity contribution in [2.45, 2.75) is 64.6 Å². The summed E-state index contributed by atoms with van der Waals surface area (Å²) in [5.74, 6) is 1.56. The minimum absolute atomic E-state index is 0. The molecule has 0 bridgehead atoms. The molecule has 1 saturated carbocycles. The molecule has 1 aromatic rings. The SMILES string of the molecule is CCNC(=NCC(O)c1cccc(OC)c1)NC1CCCC(C(=O)NC(C)C)C1.I. The highest BCUT2D eigenvalue weighted by molar-refractivity contribution is 14.0. The summed E-state index contributed by atoms with van der Waals surface area (Å²) < 4.78 is 5.22. The standard InChI is InChI=1S/C22H36N4O3.HI/c1-5-23-22(24-14-20(27)16-8-7-11-19(13-16)29-4)26-18-10-6-9-17(12-18)21(28)25-15(2)3;/h7-8,11,13,15,17-18,20,27H,5-6,9-10,12,14H2,1-4H3,(H,25,28)(H2,23,24,26);1H. The van der Waals surface area contributed by atoms with E-state index in [-0.39, 0.29) is 54.4 Å². The number of benzene rings is 1. The number of guanidine groups is 1. The van der Waals surface area contributed by atoms with Gasteiger partial charge in [0.05, 0.1) is 19.8 Å². The Morgan fingerprint density at radius 3 is 2.77 bits per heavy atom. The van der Waals surface area contributed by atoms with E-state index >= 15 is 0 Å². The molecule has 1 aliphatic rings. The van der Waals surface area contributed by atoms with E-state index in [9.17, 15) is 9.90 Å². The number of hydrogen-bond donors (Lipinski definition) is 4. The number of nitrogens with one attached hydrogen (secondary N) is 3. The van der Waals surface area contributed by atoms with E-state index in [1.54, 1.807) is 7.11 Å². The number of aliphatic hydroxyl groups excluding tert-OH is 1. The molecule has 0 radical (unpaired) electrons. The van der Waals surface area contributed by atoms with Crippen molar-refractivity contribution in [2.75, 3.05) is 20.2 Å². The fourth-order valence-electron chi connectivity index (χ4n) is 3.61. The van der Waals surface area contributed by atoms with Gasteiger partial charge in [-0.3, -0.25) is 9.79 Å². The molecule has 7 nitrogen and oxygen atoms in total. The van der Waals surface area contributed by atoms with Crippen molar-refractivity contribution >= 4 is 35.8 Å². The van der Waals surface area contributed by atoms with Gasteiger partial charge in [0, 0.05) is 24.5 Å². The van der Waals surface area contributed by atoms with Crippen LogP contribution in [0.5, 0.6) is 5.75 Å². The van der Waals surface area contributed by atoms with Crippen LogP contribution in [0.15, 0.2) is 29.3 Å². The summed E-state index contributed by atoms with van der Waals surface area (Å²) in [6.45, 7) is 6.95. The van der Waals surface area contributed by atoms with Crippen LogP contribution in [0.1, 0.15) is 58.1 Å². The van der Waals surface area contributed by atoms with Gasteiger partial charge < -0.3 is 25.8 Å². The molecule has 3 unspecified atom stereocenters. The largest absolute Gasteiger partial charge is 0.497 e. The summed E-state index contributed by atoms with van der Waals surface area (Å²) in [7, 11) is 1.61. The molecule has 0 aromatic heterocycles. The Morgan fingerprint density at radius 2 is 2.10 bits per heavy atom. The van der Waals surface area contributed by atoms with Crippen LogP contribution < -0.4 is 20.7 Å². The zero-order chi connectivity index (χ0) is 21.2. The van der Waals surface area contributed by atoms with Crippen molar-refractivity contribution in [1.29, 1.82) is 0 Å². The van der Waals surface area contributed by atoms with Gasteiger partial charge in [-0.1, -0.05) is 18.6 Å². The fourth-order valence-corrected chi connectivity index (χ4v) is 3.61. The van der Waals surface area contributed by atoms with Crippen LogP contribution in [-0.4, -0.2) is 49.3 Å². The second-order valence-corrected chi connectivity index (χ2v) is 7.88. The van der Waals surface area contributed by atoms with Crippen LogP contribution in [0.3, 0.4) is 0 Å². The smallest absolute Gasteiger partial charge is 0.223 e. The van der Waals surface area contributed by atoms with Crippen LogP contribution in [0.4, 0.5) is 0 Å². The van der Waals surface area contributed by atoms with Crippen molar-refractivity contribution < 1.29 is 14.6 Å². The van der Waals surface area contributed by atoms with Crippen LogP contribution in [0, 0.1) is 5.92 Å². The molecule has 1 fully saturated rings. The molecule has 4 N–H and O–H groups in total. The number of halogens is 1. The number of ether oxygens (including phenoxy) is 1. The van der Waals surface area contributed by atoms with Gasteiger partial charge in [0.15, 0.2) is 5.96 Å². The number of carbonyl (C=O) groups is 1. The molecular weight excluding hydrogens is 495 g/mol. The van der Waals surface area contributed by atoms with Gasteiger partial charge in [0.2, 0.25) is 5.91 Å². The van der Waals surface area contributed by atoms with Crippen molar-refractivity contribution in [1.82, 2.24) is 16.0 Å². The van der Waals surface area contributed by atoms with E-state index in [1.165, 1.54) is 0 Å². The molecule has 170 valence electrons. The number of hydrogen-bond acceptors (Lipinski definition) is 4. The summed E-state index contributed by atoms with van der Waals surface area (Å²) in [6.07, 6.45) is 3.03. The number of methoxy groups -OCH3 is 1. The van der Waals surface area contributed by atoms with E-state index < -0.39 is 6.10 Å². The van der Waals surface area contributed by atoms with Gasteiger partial charge in [-0.05, 0) is 57.7 Å². The Kier molecular flexibility index (Phi) is 12.1. The Bertz CT molecular complexity index is 684. The molecule has 8 heteroatoms. The second-order valence-electron chi connectivity index (χ2n) is 7.88. The maximum atomic E-state index is 12.4. The van der Waals surface area contributed by atoms with Crippen molar-refractivity contribution in [2.24, 2.45) is 10.9 Å². The molecule has 1 aromatic carbocycles. The Hall–Kier alpha value is -1.55. The van der Waals surface area contributed by atoms with Crippen LogP contribution in [-0.2, 0) is 4.79 Å². The lowest BCUT2D eigenvalue weighted by atomic mass is 9.85. The van der Waals surface area contributed by atoms with Crippen LogP contribution >= 0.6 is 24.0 Å². The first kappa shape index (κ1) is 26.5. The maximum absolute atomic E-state index is 12.4. The molecule has 1 amide bonds.